The highest BCUT2D eigenvalue weighted by atomic mass is 16.2. The van der Waals surface area contributed by atoms with Gasteiger partial charge in [0.2, 0.25) is 5.91 Å². The van der Waals surface area contributed by atoms with Gasteiger partial charge in [-0.25, -0.2) is 9.97 Å². The van der Waals surface area contributed by atoms with Gasteiger partial charge in [-0.05, 0) is 49.7 Å². The van der Waals surface area contributed by atoms with Crippen LogP contribution in [0.25, 0.3) is 5.82 Å². The van der Waals surface area contributed by atoms with Gasteiger partial charge in [-0.15, -0.1) is 0 Å². The van der Waals surface area contributed by atoms with Crippen molar-refractivity contribution in [3.8, 4) is 5.82 Å². The summed E-state index contributed by atoms with van der Waals surface area (Å²) in [5.41, 5.74) is 2.68. The molecule has 0 aromatic carbocycles. The monoisotopic (exact) mass is 430 g/mol. The largest absolute Gasteiger partial charge is 0.347 e. The smallest absolute Gasteiger partial charge is 0.272 e. The fraction of sp³-hybridized carbons (Fsp3) is 0.333. The molecular weight excluding hydrogens is 404 g/mol. The van der Waals surface area contributed by atoms with E-state index in [1.165, 1.54) is 0 Å². The SMILES string of the molecule is Cc1cccc(C(=O)N2CC[C@]3(C2)c2cccn2-c2ncccc2N3CC(=O)N(C)C)n1. The molecule has 1 spiro atoms. The number of rotatable bonds is 3. The van der Waals surface area contributed by atoms with Crippen molar-refractivity contribution < 1.29 is 9.59 Å². The molecule has 1 fully saturated rings. The first-order valence-electron chi connectivity index (χ1n) is 10.7. The second kappa shape index (κ2) is 7.47. The number of amides is 2. The molecule has 164 valence electrons. The van der Waals surface area contributed by atoms with Crippen LogP contribution in [0.5, 0.6) is 0 Å². The van der Waals surface area contributed by atoms with Crippen LogP contribution in [0.15, 0.2) is 54.9 Å². The van der Waals surface area contributed by atoms with E-state index in [9.17, 15) is 9.59 Å². The summed E-state index contributed by atoms with van der Waals surface area (Å²) >= 11 is 0. The molecule has 2 amide bonds. The van der Waals surface area contributed by atoms with Gasteiger partial charge in [0.25, 0.3) is 5.91 Å². The quantitative estimate of drug-likeness (QED) is 0.637. The van der Waals surface area contributed by atoms with E-state index in [-0.39, 0.29) is 18.4 Å². The average molecular weight is 431 g/mol. The molecule has 0 unspecified atom stereocenters. The number of nitrogens with zero attached hydrogens (tertiary/aromatic N) is 6. The highest BCUT2D eigenvalue weighted by Gasteiger charge is 2.51. The molecule has 1 atom stereocenters. The van der Waals surface area contributed by atoms with Crippen molar-refractivity contribution in [1.82, 2.24) is 24.3 Å². The molecule has 0 radical (unpaired) electrons. The van der Waals surface area contributed by atoms with Gasteiger partial charge in [-0.3, -0.25) is 9.59 Å². The maximum Gasteiger partial charge on any atom is 0.272 e. The highest BCUT2D eigenvalue weighted by Crippen LogP contribution is 2.47. The van der Waals surface area contributed by atoms with Gasteiger partial charge in [0.05, 0.1) is 17.9 Å². The number of likely N-dealkylation sites (tertiary alicyclic amines) is 1. The second-order valence-corrected chi connectivity index (χ2v) is 8.66. The van der Waals surface area contributed by atoms with Crippen LogP contribution >= 0.6 is 0 Å². The van der Waals surface area contributed by atoms with Crippen LogP contribution in [0.2, 0.25) is 0 Å². The normalized spacial score (nSPS) is 19.1. The maximum absolute atomic E-state index is 13.3. The van der Waals surface area contributed by atoms with E-state index in [0.29, 0.717) is 25.2 Å². The van der Waals surface area contributed by atoms with E-state index in [1.807, 2.05) is 48.4 Å². The molecule has 32 heavy (non-hydrogen) atoms. The minimum absolute atomic E-state index is 0.00399. The number of carbonyl (C=O) groups excluding carboxylic acids is 2. The highest BCUT2D eigenvalue weighted by molar-refractivity contribution is 5.93. The summed E-state index contributed by atoms with van der Waals surface area (Å²) in [6.07, 6.45) is 4.48. The zero-order valence-corrected chi connectivity index (χ0v) is 18.5. The summed E-state index contributed by atoms with van der Waals surface area (Å²) < 4.78 is 2.09. The van der Waals surface area contributed by atoms with E-state index in [2.05, 4.69) is 25.5 Å². The van der Waals surface area contributed by atoms with Gasteiger partial charge in [0.15, 0.2) is 5.82 Å². The number of hydrogen-bond donors (Lipinski definition) is 0. The molecule has 2 aliphatic rings. The molecule has 8 heteroatoms. The standard InChI is InChI=1S/C24H26N6O2/c1-17-7-4-8-18(26-17)23(32)28-14-11-24(16-28)20-10-6-13-29(20)22-19(9-5-12-25-22)30(24)15-21(31)27(2)3/h4-10,12-13H,11,14-16H2,1-3H3/t24-/m0/s1. The first-order chi connectivity index (χ1) is 15.4. The maximum atomic E-state index is 13.3. The fourth-order valence-corrected chi connectivity index (χ4v) is 4.83. The van der Waals surface area contributed by atoms with Crippen molar-refractivity contribution >= 4 is 17.5 Å². The lowest BCUT2D eigenvalue weighted by Gasteiger charge is -2.46. The van der Waals surface area contributed by atoms with Crippen LogP contribution in [0, 0.1) is 6.92 Å². The lowest BCUT2D eigenvalue weighted by molar-refractivity contribution is -0.127. The molecule has 0 N–H and O–H groups in total. The number of anilines is 1. The molecule has 5 heterocycles. The van der Waals surface area contributed by atoms with Crippen LogP contribution in [0.3, 0.4) is 0 Å². The van der Waals surface area contributed by atoms with E-state index < -0.39 is 5.54 Å². The molecular formula is C24H26N6O2. The minimum atomic E-state index is -0.523. The number of hydrogen-bond acceptors (Lipinski definition) is 5. The molecule has 5 rings (SSSR count). The number of fused-ring (bicyclic) bond motifs is 4. The topological polar surface area (TPSA) is 74.6 Å². The zero-order chi connectivity index (χ0) is 22.5. The Morgan fingerprint density at radius 3 is 2.75 bits per heavy atom. The molecule has 2 aliphatic heterocycles. The van der Waals surface area contributed by atoms with Gasteiger partial charge in [0.1, 0.15) is 11.2 Å². The summed E-state index contributed by atoms with van der Waals surface area (Å²) in [6.45, 7) is 3.15. The summed E-state index contributed by atoms with van der Waals surface area (Å²) in [5.74, 6) is 0.721. The number of pyridine rings is 2. The minimum Gasteiger partial charge on any atom is -0.347 e. The van der Waals surface area contributed by atoms with Gasteiger partial charge in [0, 0.05) is 45.3 Å². The average Bonchev–Trinajstić information content (AvgIpc) is 3.45. The van der Waals surface area contributed by atoms with Gasteiger partial charge < -0.3 is 19.3 Å². The third-order valence-electron chi connectivity index (χ3n) is 6.46. The molecule has 0 aliphatic carbocycles. The van der Waals surface area contributed by atoms with Crippen LogP contribution in [0.4, 0.5) is 5.69 Å². The molecule has 3 aromatic rings. The Hall–Kier alpha value is -3.68. The summed E-state index contributed by atoms with van der Waals surface area (Å²) in [4.78, 5) is 40.8. The van der Waals surface area contributed by atoms with Crippen molar-refractivity contribution in [3.05, 3.63) is 71.9 Å². The molecule has 1 saturated heterocycles. The van der Waals surface area contributed by atoms with Crippen molar-refractivity contribution in [2.45, 2.75) is 18.9 Å². The molecule has 8 nitrogen and oxygen atoms in total. The molecule has 0 bridgehead atoms. The Morgan fingerprint density at radius 2 is 1.97 bits per heavy atom. The van der Waals surface area contributed by atoms with Crippen LogP contribution in [0.1, 0.15) is 28.3 Å². The van der Waals surface area contributed by atoms with E-state index >= 15 is 0 Å². The summed E-state index contributed by atoms with van der Waals surface area (Å²) in [5, 5.41) is 0. The van der Waals surface area contributed by atoms with Crippen LogP contribution < -0.4 is 4.90 Å². The van der Waals surface area contributed by atoms with Gasteiger partial charge in [-0.1, -0.05) is 6.07 Å². The first kappa shape index (κ1) is 20.2. The number of carbonyl (C=O) groups is 2. The van der Waals surface area contributed by atoms with Crippen molar-refractivity contribution in [1.29, 1.82) is 0 Å². The lowest BCUT2D eigenvalue weighted by Crippen LogP contribution is -2.55. The van der Waals surface area contributed by atoms with Crippen molar-refractivity contribution in [2.24, 2.45) is 0 Å². The predicted molar refractivity (Wildman–Crippen MR) is 121 cm³/mol. The lowest BCUT2D eigenvalue weighted by atomic mass is 9.88. The number of aromatic nitrogens is 3. The zero-order valence-electron chi connectivity index (χ0n) is 18.5. The Kier molecular flexibility index (Phi) is 4.73. The van der Waals surface area contributed by atoms with Crippen molar-refractivity contribution in [2.75, 3.05) is 38.6 Å². The number of aryl methyl sites for hydroxylation is 1. The van der Waals surface area contributed by atoms with Crippen LogP contribution in [-0.4, -0.2) is 69.9 Å². The third-order valence-corrected chi connectivity index (χ3v) is 6.46. The van der Waals surface area contributed by atoms with E-state index in [1.54, 1.807) is 31.3 Å². The second-order valence-electron chi connectivity index (χ2n) is 8.66. The Labute approximate surface area is 187 Å². The molecule has 3 aromatic heterocycles. The predicted octanol–water partition coefficient (Wildman–Crippen LogP) is 2.23. The summed E-state index contributed by atoms with van der Waals surface area (Å²) in [7, 11) is 3.53. The first-order valence-corrected chi connectivity index (χ1v) is 10.7. The van der Waals surface area contributed by atoms with Gasteiger partial charge >= 0.3 is 0 Å². The van der Waals surface area contributed by atoms with Crippen molar-refractivity contribution in [3.63, 3.8) is 0 Å². The molecule has 0 saturated carbocycles. The Morgan fingerprint density at radius 1 is 1.12 bits per heavy atom. The third kappa shape index (κ3) is 3.05. The van der Waals surface area contributed by atoms with E-state index in [0.717, 1.165) is 22.9 Å². The number of likely N-dealkylation sites (N-methyl/N-ethyl adjacent to an activating group) is 1. The Balaban J connectivity index is 1.58. The van der Waals surface area contributed by atoms with Gasteiger partial charge in [-0.2, -0.15) is 0 Å². The summed E-state index contributed by atoms with van der Waals surface area (Å²) in [6, 6.07) is 13.5. The van der Waals surface area contributed by atoms with Crippen LogP contribution in [-0.2, 0) is 10.3 Å². The fourth-order valence-electron chi connectivity index (χ4n) is 4.83. The Bertz CT molecular complexity index is 1200. The van der Waals surface area contributed by atoms with E-state index in [4.69, 9.17) is 0 Å².